The summed E-state index contributed by atoms with van der Waals surface area (Å²) < 4.78 is 10.8. The number of nitrogen functional groups attached to an aromatic ring is 1. The van der Waals surface area contributed by atoms with E-state index < -0.39 is 5.91 Å². The SMILES string of the molecule is NC(=O)c1ccc(N)c(OCC2CCOCC2)n1. The fraction of sp³-hybridized carbons (Fsp3) is 0.500. The summed E-state index contributed by atoms with van der Waals surface area (Å²) in [5, 5.41) is 0. The molecule has 1 aromatic heterocycles. The van der Waals surface area contributed by atoms with Gasteiger partial charge in [0.25, 0.3) is 5.91 Å². The summed E-state index contributed by atoms with van der Waals surface area (Å²) in [5.41, 5.74) is 11.5. The number of ether oxygens (including phenoxy) is 2. The minimum absolute atomic E-state index is 0.158. The first kappa shape index (κ1) is 12.6. The van der Waals surface area contributed by atoms with Crippen molar-refractivity contribution in [3.8, 4) is 5.88 Å². The van der Waals surface area contributed by atoms with Crippen molar-refractivity contribution < 1.29 is 14.3 Å². The molecule has 98 valence electrons. The maximum absolute atomic E-state index is 11.0. The highest BCUT2D eigenvalue weighted by Gasteiger charge is 2.16. The minimum atomic E-state index is -0.592. The Morgan fingerprint density at radius 3 is 2.83 bits per heavy atom. The van der Waals surface area contributed by atoms with E-state index in [0.717, 1.165) is 26.1 Å². The molecule has 2 heterocycles. The number of pyridine rings is 1. The topological polar surface area (TPSA) is 100 Å². The van der Waals surface area contributed by atoms with Crippen LogP contribution in [0.5, 0.6) is 5.88 Å². The summed E-state index contributed by atoms with van der Waals surface area (Å²) in [5.74, 6) is 0.126. The molecule has 6 heteroatoms. The van der Waals surface area contributed by atoms with E-state index in [9.17, 15) is 4.79 Å². The van der Waals surface area contributed by atoms with Crippen LogP contribution in [-0.2, 0) is 4.74 Å². The van der Waals surface area contributed by atoms with Gasteiger partial charge >= 0.3 is 0 Å². The summed E-state index contributed by atoms with van der Waals surface area (Å²) in [6.45, 7) is 2.05. The molecule has 1 aliphatic heterocycles. The standard InChI is InChI=1S/C12H17N3O3/c13-9-1-2-10(11(14)16)15-12(9)18-7-8-3-5-17-6-4-8/h1-2,8H,3-7,13H2,(H2,14,16). The lowest BCUT2D eigenvalue weighted by Gasteiger charge is -2.22. The molecule has 2 rings (SSSR count). The van der Waals surface area contributed by atoms with Crippen LogP contribution in [-0.4, -0.2) is 30.7 Å². The zero-order chi connectivity index (χ0) is 13.0. The smallest absolute Gasteiger partial charge is 0.267 e. The molecule has 6 nitrogen and oxygen atoms in total. The highest BCUT2D eigenvalue weighted by Crippen LogP contribution is 2.21. The number of nitrogens with two attached hydrogens (primary N) is 2. The van der Waals surface area contributed by atoms with Gasteiger partial charge in [0, 0.05) is 13.2 Å². The van der Waals surface area contributed by atoms with Crippen LogP contribution in [0.15, 0.2) is 12.1 Å². The Bertz CT molecular complexity index is 431. The van der Waals surface area contributed by atoms with Crippen LogP contribution in [0.3, 0.4) is 0 Å². The quantitative estimate of drug-likeness (QED) is 0.814. The molecule has 0 saturated carbocycles. The summed E-state index contributed by atoms with van der Waals surface area (Å²) in [6, 6.07) is 3.06. The zero-order valence-corrected chi connectivity index (χ0v) is 10.1. The maximum atomic E-state index is 11.0. The van der Waals surface area contributed by atoms with Crippen molar-refractivity contribution in [1.82, 2.24) is 4.98 Å². The molecule has 0 aromatic carbocycles. The number of amides is 1. The molecular formula is C12H17N3O3. The molecular weight excluding hydrogens is 234 g/mol. The van der Waals surface area contributed by atoms with E-state index in [0.29, 0.717) is 18.2 Å². The molecule has 0 radical (unpaired) electrons. The molecule has 0 spiro atoms. The lowest BCUT2D eigenvalue weighted by molar-refractivity contribution is 0.0491. The van der Waals surface area contributed by atoms with E-state index in [-0.39, 0.29) is 11.6 Å². The Balaban J connectivity index is 1.99. The van der Waals surface area contributed by atoms with Gasteiger partial charge in [-0.1, -0.05) is 0 Å². The number of primary amides is 1. The number of hydrogen-bond acceptors (Lipinski definition) is 5. The third-order valence-electron chi connectivity index (χ3n) is 2.94. The van der Waals surface area contributed by atoms with Gasteiger partial charge in [-0.15, -0.1) is 0 Å². The average molecular weight is 251 g/mol. The molecule has 1 saturated heterocycles. The molecule has 1 aliphatic rings. The summed E-state index contributed by atoms with van der Waals surface area (Å²) in [7, 11) is 0. The second-order valence-corrected chi connectivity index (χ2v) is 4.32. The second-order valence-electron chi connectivity index (χ2n) is 4.32. The van der Waals surface area contributed by atoms with E-state index in [1.807, 2.05) is 0 Å². The number of nitrogens with zero attached hydrogens (tertiary/aromatic N) is 1. The molecule has 0 bridgehead atoms. The van der Waals surface area contributed by atoms with E-state index in [1.165, 1.54) is 6.07 Å². The molecule has 0 atom stereocenters. The van der Waals surface area contributed by atoms with E-state index >= 15 is 0 Å². The summed E-state index contributed by atoms with van der Waals surface area (Å²) in [4.78, 5) is 15.0. The minimum Gasteiger partial charge on any atom is -0.476 e. The zero-order valence-electron chi connectivity index (χ0n) is 10.1. The molecule has 0 aliphatic carbocycles. The van der Waals surface area contributed by atoms with Crippen molar-refractivity contribution in [2.75, 3.05) is 25.6 Å². The van der Waals surface area contributed by atoms with Gasteiger partial charge in [0.1, 0.15) is 5.69 Å². The van der Waals surface area contributed by atoms with Crippen LogP contribution in [0.4, 0.5) is 5.69 Å². The van der Waals surface area contributed by atoms with Gasteiger partial charge in [-0.3, -0.25) is 4.79 Å². The third-order valence-corrected chi connectivity index (χ3v) is 2.94. The van der Waals surface area contributed by atoms with Crippen LogP contribution < -0.4 is 16.2 Å². The normalized spacial score (nSPS) is 16.4. The second kappa shape index (κ2) is 5.68. The Kier molecular flexibility index (Phi) is 3.99. The van der Waals surface area contributed by atoms with E-state index in [1.54, 1.807) is 6.07 Å². The van der Waals surface area contributed by atoms with Gasteiger partial charge in [0.05, 0.1) is 12.3 Å². The van der Waals surface area contributed by atoms with Crippen molar-refractivity contribution >= 4 is 11.6 Å². The predicted octanol–water partition coefficient (Wildman–Crippen LogP) is 0.568. The average Bonchev–Trinajstić information content (AvgIpc) is 2.38. The van der Waals surface area contributed by atoms with Crippen LogP contribution in [0.1, 0.15) is 23.3 Å². The van der Waals surface area contributed by atoms with Gasteiger partial charge in [-0.05, 0) is 30.9 Å². The van der Waals surface area contributed by atoms with Crippen molar-refractivity contribution in [2.45, 2.75) is 12.8 Å². The number of anilines is 1. The summed E-state index contributed by atoms with van der Waals surface area (Å²) >= 11 is 0. The Morgan fingerprint density at radius 1 is 1.44 bits per heavy atom. The molecule has 1 fully saturated rings. The van der Waals surface area contributed by atoms with E-state index in [4.69, 9.17) is 20.9 Å². The lowest BCUT2D eigenvalue weighted by atomic mass is 10.0. The predicted molar refractivity (Wildman–Crippen MR) is 66.2 cm³/mol. The molecule has 1 aromatic rings. The highest BCUT2D eigenvalue weighted by atomic mass is 16.5. The number of rotatable bonds is 4. The summed E-state index contributed by atoms with van der Waals surface area (Å²) in [6.07, 6.45) is 1.94. The van der Waals surface area contributed by atoms with Crippen molar-refractivity contribution in [1.29, 1.82) is 0 Å². The van der Waals surface area contributed by atoms with Crippen molar-refractivity contribution in [2.24, 2.45) is 11.7 Å². The fourth-order valence-electron chi connectivity index (χ4n) is 1.81. The van der Waals surface area contributed by atoms with Gasteiger partial charge in [0.2, 0.25) is 5.88 Å². The van der Waals surface area contributed by atoms with Gasteiger partial charge < -0.3 is 20.9 Å². The molecule has 1 amide bonds. The first-order valence-electron chi connectivity index (χ1n) is 5.93. The molecule has 4 N–H and O–H groups in total. The van der Waals surface area contributed by atoms with Crippen LogP contribution >= 0.6 is 0 Å². The van der Waals surface area contributed by atoms with Gasteiger partial charge in [0.15, 0.2) is 0 Å². The fourth-order valence-corrected chi connectivity index (χ4v) is 1.81. The maximum Gasteiger partial charge on any atom is 0.267 e. The number of carbonyl (C=O) groups excluding carboxylic acids is 1. The first-order valence-corrected chi connectivity index (χ1v) is 5.93. The number of carbonyl (C=O) groups is 1. The Labute approximate surface area is 105 Å². The number of aromatic nitrogens is 1. The van der Waals surface area contributed by atoms with Crippen LogP contribution in [0.25, 0.3) is 0 Å². The van der Waals surface area contributed by atoms with Gasteiger partial charge in [-0.2, -0.15) is 0 Å². The Morgan fingerprint density at radius 2 is 2.17 bits per heavy atom. The number of hydrogen-bond donors (Lipinski definition) is 2. The molecule has 18 heavy (non-hydrogen) atoms. The van der Waals surface area contributed by atoms with Crippen molar-refractivity contribution in [3.05, 3.63) is 17.8 Å². The van der Waals surface area contributed by atoms with Crippen molar-refractivity contribution in [3.63, 3.8) is 0 Å². The monoisotopic (exact) mass is 251 g/mol. The first-order chi connectivity index (χ1) is 8.66. The largest absolute Gasteiger partial charge is 0.476 e. The highest BCUT2D eigenvalue weighted by molar-refractivity contribution is 5.91. The van der Waals surface area contributed by atoms with E-state index in [2.05, 4.69) is 4.98 Å². The van der Waals surface area contributed by atoms with Crippen LogP contribution in [0.2, 0.25) is 0 Å². The van der Waals surface area contributed by atoms with Crippen LogP contribution in [0, 0.1) is 5.92 Å². The Hall–Kier alpha value is -1.82. The van der Waals surface area contributed by atoms with Gasteiger partial charge in [-0.25, -0.2) is 4.98 Å². The molecule has 0 unspecified atom stereocenters. The lowest BCUT2D eigenvalue weighted by Crippen LogP contribution is -2.22. The third kappa shape index (κ3) is 3.10.